The van der Waals surface area contributed by atoms with Crippen molar-refractivity contribution in [1.29, 1.82) is 0 Å². The first kappa shape index (κ1) is 19.0. The third kappa shape index (κ3) is 4.08. The number of nitrogens with one attached hydrogen (secondary N) is 2. The van der Waals surface area contributed by atoms with Crippen LogP contribution < -0.4 is 21.3 Å². The van der Waals surface area contributed by atoms with Gasteiger partial charge in [0.2, 0.25) is 5.91 Å². The summed E-state index contributed by atoms with van der Waals surface area (Å²) in [5.74, 6) is -0.199. The van der Waals surface area contributed by atoms with Gasteiger partial charge in [-0.2, -0.15) is 0 Å². The molecule has 1 fully saturated rings. The van der Waals surface area contributed by atoms with E-state index in [1.807, 2.05) is 24.3 Å². The van der Waals surface area contributed by atoms with E-state index in [-0.39, 0.29) is 30.0 Å². The van der Waals surface area contributed by atoms with Crippen molar-refractivity contribution in [2.45, 2.75) is 32.2 Å². The minimum atomic E-state index is -0.337. The molecule has 2 N–H and O–H groups in total. The van der Waals surface area contributed by atoms with E-state index < -0.39 is 0 Å². The molecule has 0 aliphatic carbocycles. The van der Waals surface area contributed by atoms with Gasteiger partial charge in [0.25, 0.3) is 11.1 Å². The maximum Gasteiger partial charge on any atom is 0.273 e. The zero-order valence-electron chi connectivity index (χ0n) is 16.2. The molecule has 0 bridgehead atoms. The third-order valence-corrected chi connectivity index (χ3v) is 5.32. The molecule has 150 valence electrons. The van der Waals surface area contributed by atoms with Crippen LogP contribution in [0.1, 0.15) is 25.7 Å². The Hall–Kier alpha value is -3.35. The van der Waals surface area contributed by atoms with Gasteiger partial charge in [-0.05, 0) is 43.5 Å². The average Bonchev–Trinajstić information content (AvgIpc) is 2.76. The van der Waals surface area contributed by atoms with Crippen LogP contribution in [0.2, 0.25) is 0 Å². The number of piperidine rings is 1. The molecule has 4 rings (SSSR count). The number of hydrogen-bond donors (Lipinski definition) is 2. The zero-order chi connectivity index (χ0) is 20.2. The molecule has 3 aromatic rings. The fraction of sp³-hybridized carbons (Fsp3) is 0.318. The van der Waals surface area contributed by atoms with Crippen molar-refractivity contribution in [2.24, 2.45) is 0 Å². The highest BCUT2D eigenvalue weighted by molar-refractivity contribution is 5.94. The van der Waals surface area contributed by atoms with Crippen LogP contribution in [0.3, 0.4) is 0 Å². The number of carbonyl (C=O) groups excluding carboxylic acids is 1. The molecule has 0 atom stereocenters. The molecule has 2 heterocycles. The number of fused-ring (bicyclic) bond motifs is 1. The molecule has 1 aromatic heterocycles. The molecule has 0 radical (unpaired) electrons. The molecule has 1 aliphatic rings. The molecule has 0 unspecified atom stereocenters. The van der Waals surface area contributed by atoms with Crippen molar-refractivity contribution >= 4 is 28.1 Å². The summed E-state index contributed by atoms with van der Waals surface area (Å²) in [4.78, 5) is 39.6. The number of benzene rings is 2. The number of amides is 1. The summed E-state index contributed by atoms with van der Waals surface area (Å²) in [6.07, 6.45) is 3.63. The van der Waals surface area contributed by atoms with Crippen molar-refractivity contribution in [2.75, 3.05) is 23.3 Å². The second-order valence-electron chi connectivity index (χ2n) is 7.31. The number of carbonyl (C=O) groups is 1. The SMILES string of the molecule is O=C(CCn1[nH]c(=O)c2ccccc2c1=O)Nc1ccccc1N1CCCCC1. The Morgan fingerprint density at radius 3 is 2.41 bits per heavy atom. The summed E-state index contributed by atoms with van der Waals surface area (Å²) >= 11 is 0. The number of H-pyrrole nitrogens is 1. The van der Waals surface area contributed by atoms with Gasteiger partial charge in [-0.1, -0.05) is 24.3 Å². The number of aromatic nitrogens is 2. The quantitative estimate of drug-likeness (QED) is 0.699. The minimum Gasteiger partial charge on any atom is -0.370 e. The van der Waals surface area contributed by atoms with E-state index in [0.29, 0.717) is 10.8 Å². The van der Waals surface area contributed by atoms with Gasteiger partial charge >= 0.3 is 0 Å². The number of hydrogen-bond acceptors (Lipinski definition) is 4. The molecule has 7 nitrogen and oxygen atoms in total. The first-order chi connectivity index (χ1) is 14.1. The molecule has 1 amide bonds. The third-order valence-electron chi connectivity index (χ3n) is 5.32. The number of aryl methyl sites for hydroxylation is 1. The van der Waals surface area contributed by atoms with E-state index in [9.17, 15) is 14.4 Å². The van der Waals surface area contributed by atoms with Crippen LogP contribution in [0.25, 0.3) is 10.8 Å². The summed E-state index contributed by atoms with van der Waals surface area (Å²) < 4.78 is 1.21. The Morgan fingerprint density at radius 1 is 0.931 bits per heavy atom. The van der Waals surface area contributed by atoms with E-state index in [2.05, 4.69) is 15.3 Å². The lowest BCUT2D eigenvalue weighted by Crippen LogP contribution is -2.32. The topological polar surface area (TPSA) is 87.2 Å². The lowest BCUT2D eigenvalue weighted by atomic mass is 10.1. The van der Waals surface area contributed by atoms with Crippen molar-refractivity contribution in [3.63, 3.8) is 0 Å². The smallest absolute Gasteiger partial charge is 0.273 e. The van der Waals surface area contributed by atoms with Gasteiger partial charge in [0.15, 0.2) is 0 Å². The number of para-hydroxylation sites is 2. The number of aromatic amines is 1. The number of anilines is 2. The first-order valence-corrected chi connectivity index (χ1v) is 9.99. The lowest BCUT2D eigenvalue weighted by Gasteiger charge is -2.30. The highest BCUT2D eigenvalue weighted by Crippen LogP contribution is 2.28. The van der Waals surface area contributed by atoms with E-state index in [0.717, 1.165) is 37.3 Å². The molecule has 0 saturated carbocycles. The second-order valence-corrected chi connectivity index (χ2v) is 7.31. The summed E-state index contributed by atoms with van der Waals surface area (Å²) in [6, 6.07) is 14.5. The Labute approximate surface area is 167 Å². The van der Waals surface area contributed by atoms with E-state index >= 15 is 0 Å². The van der Waals surface area contributed by atoms with Crippen LogP contribution in [0.5, 0.6) is 0 Å². The van der Waals surface area contributed by atoms with Gasteiger partial charge < -0.3 is 10.2 Å². The minimum absolute atomic E-state index is 0.0858. The van der Waals surface area contributed by atoms with Crippen molar-refractivity contribution in [1.82, 2.24) is 9.78 Å². The number of rotatable bonds is 5. The van der Waals surface area contributed by atoms with Gasteiger partial charge in [-0.15, -0.1) is 0 Å². The predicted molar refractivity (Wildman–Crippen MR) is 115 cm³/mol. The van der Waals surface area contributed by atoms with Gasteiger partial charge in [0, 0.05) is 19.5 Å². The Balaban J connectivity index is 1.48. The van der Waals surface area contributed by atoms with Crippen LogP contribution >= 0.6 is 0 Å². The maximum atomic E-state index is 12.6. The average molecular weight is 392 g/mol. The molecular formula is C22H24N4O3. The van der Waals surface area contributed by atoms with E-state index in [1.54, 1.807) is 24.3 Å². The number of nitrogens with zero attached hydrogens (tertiary/aromatic N) is 2. The molecule has 2 aromatic carbocycles. The summed E-state index contributed by atoms with van der Waals surface area (Å²) in [5.41, 5.74) is 1.16. The monoisotopic (exact) mass is 392 g/mol. The van der Waals surface area contributed by atoms with Crippen LogP contribution in [0.4, 0.5) is 11.4 Å². The summed E-state index contributed by atoms with van der Waals surface area (Å²) in [5, 5.41) is 6.23. The fourth-order valence-electron chi connectivity index (χ4n) is 3.82. The first-order valence-electron chi connectivity index (χ1n) is 9.99. The molecule has 29 heavy (non-hydrogen) atoms. The highest BCUT2D eigenvalue weighted by atomic mass is 16.2. The second kappa shape index (κ2) is 8.34. The van der Waals surface area contributed by atoms with Gasteiger partial charge in [0.1, 0.15) is 0 Å². The normalized spacial score (nSPS) is 14.1. The van der Waals surface area contributed by atoms with Gasteiger partial charge in [-0.25, -0.2) is 4.68 Å². The lowest BCUT2D eigenvalue weighted by molar-refractivity contribution is -0.116. The van der Waals surface area contributed by atoms with Crippen LogP contribution in [-0.2, 0) is 11.3 Å². The van der Waals surface area contributed by atoms with Crippen molar-refractivity contribution in [3.05, 3.63) is 69.2 Å². The Kier molecular flexibility index (Phi) is 5.46. The van der Waals surface area contributed by atoms with Crippen LogP contribution in [0.15, 0.2) is 58.1 Å². The Bertz CT molecular complexity index is 1140. The molecule has 1 aliphatic heterocycles. The van der Waals surface area contributed by atoms with Crippen LogP contribution in [0, 0.1) is 0 Å². The molecule has 1 saturated heterocycles. The van der Waals surface area contributed by atoms with Gasteiger partial charge in [0.05, 0.1) is 28.7 Å². The van der Waals surface area contributed by atoms with Gasteiger partial charge in [-0.3, -0.25) is 19.5 Å². The zero-order valence-corrected chi connectivity index (χ0v) is 16.2. The molecule has 7 heteroatoms. The van der Waals surface area contributed by atoms with Crippen LogP contribution in [-0.4, -0.2) is 28.8 Å². The standard InChI is InChI=1S/C22H24N4O3/c27-20(23-18-10-4-5-11-19(18)25-13-6-1-7-14-25)12-15-26-22(29)17-9-3-2-8-16(17)21(28)24-26/h2-5,8-11H,1,6-7,12-15H2,(H,23,27)(H,24,28). The maximum absolute atomic E-state index is 12.6. The Morgan fingerprint density at radius 2 is 1.62 bits per heavy atom. The molecular weight excluding hydrogens is 368 g/mol. The van der Waals surface area contributed by atoms with Crippen molar-refractivity contribution < 1.29 is 4.79 Å². The highest BCUT2D eigenvalue weighted by Gasteiger charge is 2.16. The predicted octanol–water partition coefficient (Wildman–Crippen LogP) is 2.71. The fourth-order valence-corrected chi connectivity index (χ4v) is 3.82. The van der Waals surface area contributed by atoms with Crippen molar-refractivity contribution in [3.8, 4) is 0 Å². The van der Waals surface area contributed by atoms with E-state index in [1.165, 1.54) is 11.1 Å². The van der Waals surface area contributed by atoms with E-state index in [4.69, 9.17) is 0 Å². The largest absolute Gasteiger partial charge is 0.370 e. The molecule has 0 spiro atoms. The summed E-state index contributed by atoms with van der Waals surface area (Å²) in [7, 11) is 0. The summed E-state index contributed by atoms with van der Waals surface area (Å²) in [6.45, 7) is 2.08.